The summed E-state index contributed by atoms with van der Waals surface area (Å²) in [5, 5.41) is 24.6. The third-order valence-electron chi connectivity index (χ3n) is 2.60. The van der Waals surface area contributed by atoms with E-state index in [1.807, 2.05) is 22.9 Å². The smallest absolute Gasteiger partial charge is 0.119 e. The molecule has 4 heteroatoms. The van der Waals surface area contributed by atoms with Crippen LogP contribution in [0.4, 0.5) is 0 Å². The molecule has 2 heterocycles. The highest BCUT2D eigenvalue weighted by molar-refractivity contribution is 8.03. The normalized spacial score (nSPS) is 29.1. The van der Waals surface area contributed by atoms with Crippen molar-refractivity contribution in [3.05, 3.63) is 32.7 Å². The Balaban J connectivity index is 2.42. The van der Waals surface area contributed by atoms with E-state index in [0.717, 1.165) is 9.75 Å². The average molecular weight is 224 g/mol. The van der Waals surface area contributed by atoms with E-state index in [1.165, 1.54) is 11.3 Å². The molecule has 0 aromatic carbocycles. The number of hydrogen-bond donors (Lipinski definition) is 2. The second kappa shape index (κ2) is 2.81. The summed E-state index contributed by atoms with van der Waals surface area (Å²) in [7, 11) is 0. The van der Waals surface area contributed by atoms with Gasteiger partial charge in [-0.15, -0.1) is 23.1 Å². The fraction of sp³-hybridized carbons (Fsp3) is 0.200. The molecular weight excluding hydrogens is 216 g/mol. The minimum absolute atomic E-state index is 0.0166. The molecule has 0 saturated carbocycles. The summed E-state index contributed by atoms with van der Waals surface area (Å²) in [6, 6.07) is 1.86. The van der Waals surface area contributed by atoms with E-state index < -0.39 is 0 Å². The van der Waals surface area contributed by atoms with Gasteiger partial charge in [0.2, 0.25) is 0 Å². The molecule has 1 aromatic heterocycles. The second-order valence-electron chi connectivity index (χ2n) is 3.34. The first-order valence-corrected chi connectivity index (χ1v) is 6.13. The van der Waals surface area contributed by atoms with Gasteiger partial charge in [0.05, 0.1) is 15.7 Å². The molecule has 0 amide bonds. The van der Waals surface area contributed by atoms with Crippen LogP contribution in [-0.4, -0.2) is 15.5 Å². The van der Waals surface area contributed by atoms with E-state index in [4.69, 9.17) is 0 Å². The minimum atomic E-state index is -0.0360. The van der Waals surface area contributed by atoms with Gasteiger partial charge in [0.1, 0.15) is 11.5 Å². The number of aliphatic hydroxyl groups is 2. The zero-order valence-electron chi connectivity index (χ0n) is 7.18. The quantitative estimate of drug-likeness (QED) is 0.698. The summed E-state index contributed by atoms with van der Waals surface area (Å²) in [4.78, 5) is 0. The largest absolute Gasteiger partial charge is 0.510 e. The Labute approximate surface area is 88.9 Å². The van der Waals surface area contributed by atoms with Crippen LogP contribution < -0.4 is 9.75 Å². The predicted octanol–water partition coefficient (Wildman–Crippen LogP) is 1.34. The Hall–Kier alpha value is -0.870. The summed E-state index contributed by atoms with van der Waals surface area (Å²) in [6.07, 6.45) is 1.95. The van der Waals surface area contributed by atoms with Crippen LogP contribution in [0.25, 0.3) is 11.5 Å². The van der Waals surface area contributed by atoms with E-state index in [-0.39, 0.29) is 11.2 Å². The van der Waals surface area contributed by atoms with Crippen LogP contribution in [0.1, 0.15) is 0 Å². The maximum absolute atomic E-state index is 9.98. The van der Waals surface area contributed by atoms with Gasteiger partial charge in [-0.25, -0.2) is 0 Å². The van der Waals surface area contributed by atoms with Gasteiger partial charge in [0.15, 0.2) is 0 Å². The van der Waals surface area contributed by atoms with Crippen molar-refractivity contribution >= 4 is 34.6 Å². The molecular formula is C10H8O2S2. The van der Waals surface area contributed by atoms with E-state index in [2.05, 4.69) is 0 Å². The van der Waals surface area contributed by atoms with Crippen molar-refractivity contribution in [3.63, 3.8) is 0 Å². The number of fused-ring (bicyclic) bond motifs is 2. The first-order chi connectivity index (χ1) is 6.79. The highest BCUT2D eigenvalue weighted by Gasteiger charge is 2.34. The van der Waals surface area contributed by atoms with Gasteiger partial charge >= 0.3 is 0 Å². The number of thioether (sulfide) groups is 1. The molecule has 0 saturated heterocycles. The van der Waals surface area contributed by atoms with Gasteiger partial charge in [-0.1, -0.05) is 6.08 Å². The van der Waals surface area contributed by atoms with E-state index in [1.54, 1.807) is 11.8 Å². The van der Waals surface area contributed by atoms with Crippen LogP contribution in [-0.2, 0) is 0 Å². The fourth-order valence-electron chi connectivity index (χ4n) is 1.88. The molecule has 2 N–H and O–H groups in total. The van der Waals surface area contributed by atoms with Crippen LogP contribution in [0, 0.1) is 5.92 Å². The predicted molar refractivity (Wildman–Crippen MR) is 59.7 cm³/mol. The molecule has 2 aliphatic rings. The number of rotatable bonds is 0. The number of aliphatic hydroxyl groups excluding tert-OH is 2. The highest BCUT2D eigenvalue weighted by atomic mass is 32.2. The molecule has 2 atom stereocenters. The average Bonchev–Trinajstić information content (AvgIpc) is 2.82. The Kier molecular flexibility index (Phi) is 1.69. The van der Waals surface area contributed by atoms with Gasteiger partial charge in [-0.2, -0.15) is 0 Å². The lowest BCUT2D eigenvalue weighted by Crippen LogP contribution is -2.36. The lowest BCUT2D eigenvalue weighted by molar-refractivity contribution is 0.421. The molecule has 2 unspecified atom stereocenters. The number of thiophene rings is 1. The zero-order chi connectivity index (χ0) is 9.71. The molecule has 1 aromatic rings. The monoisotopic (exact) mass is 224 g/mol. The van der Waals surface area contributed by atoms with Gasteiger partial charge in [-0.05, 0) is 16.9 Å². The summed E-state index contributed by atoms with van der Waals surface area (Å²) in [5.74, 6) is 0.768. The van der Waals surface area contributed by atoms with E-state index >= 15 is 0 Å². The fourth-order valence-corrected chi connectivity index (χ4v) is 3.85. The molecule has 0 bridgehead atoms. The summed E-state index contributed by atoms with van der Waals surface area (Å²) < 4.78 is 0.816. The molecule has 1 aliphatic heterocycles. The first-order valence-electron chi connectivity index (χ1n) is 4.31. The van der Waals surface area contributed by atoms with Crippen molar-refractivity contribution < 1.29 is 10.2 Å². The SMILES string of the molecule is OC1=c2ccsc2=C(O)C2C=CSC12. The van der Waals surface area contributed by atoms with Crippen LogP contribution >= 0.6 is 23.1 Å². The lowest BCUT2D eigenvalue weighted by atomic mass is 9.97. The molecule has 0 fully saturated rings. The number of hydrogen-bond acceptors (Lipinski definition) is 4. The third kappa shape index (κ3) is 0.925. The molecule has 2 nitrogen and oxygen atoms in total. The van der Waals surface area contributed by atoms with Gasteiger partial charge in [-0.3, -0.25) is 0 Å². The van der Waals surface area contributed by atoms with Gasteiger partial charge < -0.3 is 10.2 Å². The molecule has 0 radical (unpaired) electrons. The van der Waals surface area contributed by atoms with Crippen molar-refractivity contribution in [2.75, 3.05) is 0 Å². The first kappa shape index (κ1) is 8.44. The lowest BCUT2D eigenvalue weighted by Gasteiger charge is -2.20. The van der Waals surface area contributed by atoms with Crippen LogP contribution in [0.3, 0.4) is 0 Å². The van der Waals surface area contributed by atoms with Crippen molar-refractivity contribution in [2.24, 2.45) is 5.92 Å². The minimum Gasteiger partial charge on any atom is -0.510 e. The second-order valence-corrected chi connectivity index (χ2v) is 5.31. The topological polar surface area (TPSA) is 40.5 Å². The standard InChI is InChI=1S/C10H8O2S2/c11-7-5-1-3-13-9(5)8(12)6-2-4-14-10(6)7/h1-5,9,11-12H. The zero-order valence-corrected chi connectivity index (χ0v) is 8.81. The van der Waals surface area contributed by atoms with E-state index in [0.29, 0.717) is 11.5 Å². The maximum Gasteiger partial charge on any atom is 0.119 e. The molecule has 3 rings (SSSR count). The Morgan fingerprint density at radius 2 is 2.07 bits per heavy atom. The van der Waals surface area contributed by atoms with Crippen LogP contribution in [0.5, 0.6) is 0 Å². The third-order valence-corrected chi connectivity index (χ3v) is 4.66. The van der Waals surface area contributed by atoms with Crippen molar-refractivity contribution in [3.8, 4) is 0 Å². The van der Waals surface area contributed by atoms with Crippen molar-refractivity contribution in [1.29, 1.82) is 0 Å². The molecule has 0 spiro atoms. The van der Waals surface area contributed by atoms with Crippen molar-refractivity contribution in [1.82, 2.24) is 0 Å². The van der Waals surface area contributed by atoms with Crippen LogP contribution in [0.2, 0.25) is 0 Å². The Morgan fingerprint density at radius 1 is 1.21 bits per heavy atom. The Morgan fingerprint density at radius 3 is 2.93 bits per heavy atom. The maximum atomic E-state index is 9.98. The summed E-state index contributed by atoms with van der Waals surface area (Å²) in [5.41, 5.74) is 0. The van der Waals surface area contributed by atoms with E-state index in [9.17, 15) is 10.2 Å². The Bertz CT molecular complexity index is 527. The molecule has 72 valence electrons. The van der Waals surface area contributed by atoms with Crippen molar-refractivity contribution in [2.45, 2.75) is 5.25 Å². The summed E-state index contributed by atoms with van der Waals surface area (Å²) in [6.45, 7) is 0. The molecule has 1 aliphatic carbocycles. The van der Waals surface area contributed by atoms with Crippen LogP contribution in [0.15, 0.2) is 22.9 Å². The highest BCUT2D eigenvalue weighted by Crippen LogP contribution is 2.38. The van der Waals surface area contributed by atoms with Gasteiger partial charge in [0, 0.05) is 5.22 Å². The summed E-state index contributed by atoms with van der Waals surface area (Å²) >= 11 is 3.04. The van der Waals surface area contributed by atoms with Gasteiger partial charge in [0.25, 0.3) is 0 Å². The molecule has 14 heavy (non-hydrogen) atoms.